The minimum Gasteiger partial charge on any atom is -0.418 e. The predicted molar refractivity (Wildman–Crippen MR) is 85.0 cm³/mol. The first-order chi connectivity index (χ1) is 10.6. The van der Waals surface area contributed by atoms with Crippen molar-refractivity contribution in [2.24, 2.45) is 0 Å². The topological polar surface area (TPSA) is 87.6 Å². The molecule has 7 heteroatoms. The van der Waals surface area contributed by atoms with Gasteiger partial charge in [0, 0.05) is 26.2 Å². The van der Waals surface area contributed by atoms with Crippen LogP contribution in [0, 0.1) is 0 Å². The van der Waals surface area contributed by atoms with Crippen molar-refractivity contribution in [3.8, 4) is 0 Å². The molecule has 2 aromatic rings. The number of benzene rings is 1. The van der Waals surface area contributed by atoms with Gasteiger partial charge in [-0.25, -0.2) is 4.98 Å². The van der Waals surface area contributed by atoms with Crippen molar-refractivity contribution in [2.45, 2.75) is 0 Å². The Morgan fingerprint density at radius 1 is 1.27 bits per heavy atom. The van der Waals surface area contributed by atoms with E-state index >= 15 is 0 Å². The van der Waals surface area contributed by atoms with E-state index in [0.717, 1.165) is 37.6 Å². The van der Waals surface area contributed by atoms with Gasteiger partial charge in [-0.15, -0.1) is 0 Å². The maximum atomic E-state index is 12.2. The van der Waals surface area contributed by atoms with Crippen LogP contribution in [0.3, 0.4) is 0 Å². The first-order valence-electron chi connectivity index (χ1n) is 7.18. The number of carbonyl (C=O) groups is 1. The number of likely N-dealkylation sites (N-methyl/N-ethyl adjacent to an activating group) is 1. The van der Waals surface area contributed by atoms with Crippen LogP contribution in [0.2, 0.25) is 0 Å². The van der Waals surface area contributed by atoms with Crippen molar-refractivity contribution in [2.75, 3.05) is 49.2 Å². The third-order valence-electron chi connectivity index (χ3n) is 3.74. The summed E-state index contributed by atoms with van der Waals surface area (Å²) in [4.78, 5) is 20.5. The molecule has 0 atom stereocenters. The monoisotopic (exact) mass is 301 g/mol. The van der Waals surface area contributed by atoms with Gasteiger partial charge in [0.2, 0.25) is 5.76 Å². The third kappa shape index (κ3) is 3.04. The Hall–Kier alpha value is -2.54. The van der Waals surface area contributed by atoms with Crippen molar-refractivity contribution in [1.29, 1.82) is 0 Å². The van der Waals surface area contributed by atoms with Gasteiger partial charge < -0.3 is 25.3 Å². The van der Waals surface area contributed by atoms with Crippen LogP contribution in [0.15, 0.2) is 34.9 Å². The number of oxazole rings is 1. The Bertz CT molecular complexity index is 661. The zero-order valence-electron chi connectivity index (χ0n) is 12.5. The molecule has 1 aromatic carbocycles. The van der Waals surface area contributed by atoms with Gasteiger partial charge in [-0.05, 0) is 19.2 Å². The highest BCUT2D eigenvalue weighted by molar-refractivity contribution is 6.04. The SMILES string of the molecule is CN1CCN(c2ccccc2NC(=O)c2cnc(N)o2)CC1. The molecular formula is C15H19N5O2. The summed E-state index contributed by atoms with van der Waals surface area (Å²) in [5.74, 6) is -0.253. The second-order valence-electron chi connectivity index (χ2n) is 5.32. The zero-order chi connectivity index (χ0) is 15.5. The highest BCUT2D eigenvalue weighted by atomic mass is 16.4. The van der Waals surface area contributed by atoms with Crippen molar-refractivity contribution in [3.05, 3.63) is 36.2 Å². The lowest BCUT2D eigenvalue weighted by Gasteiger charge is -2.35. The number of rotatable bonds is 3. The van der Waals surface area contributed by atoms with Gasteiger partial charge in [-0.2, -0.15) is 0 Å². The minimum absolute atomic E-state index is 0.0162. The smallest absolute Gasteiger partial charge is 0.293 e. The molecule has 22 heavy (non-hydrogen) atoms. The summed E-state index contributed by atoms with van der Waals surface area (Å²) in [6, 6.07) is 7.73. The molecular weight excluding hydrogens is 282 g/mol. The number of nitrogens with one attached hydrogen (secondary N) is 1. The van der Waals surface area contributed by atoms with Gasteiger partial charge in [-0.1, -0.05) is 12.1 Å². The number of piperazine rings is 1. The number of carbonyl (C=O) groups excluding carboxylic acids is 1. The molecule has 2 heterocycles. The number of aromatic nitrogens is 1. The molecule has 7 nitrogen and oxygen atoms in total. The number of nitrogens with zero attached hydrogens (tertiary/aromatic N) is 3. The maximum Gasteiger partial charge on any atom is 0.293 e. The fraction of sp³-hybridized carbons (Fsp3) is 0.333. The number of hydrogen-bond acceptors (Lipinski definition) is 6. The van der Waals surface area contributed by atoms with E-state index in [2.05, 4.69) is 27.1 Å². The van der Waals surface area contributed by atoms with E-state index < -0.39 is 0 Å². The summed E-state index contributed by atoms with van der Waals surface area (Å²) in [5.41, 5.74) is 7.17. The molecule has 1 aliphatic heterocycles. The molecule has 3 rings (SSSR count). The summed E-state index contributed by atoms with van der Waals surface area (Å²) in [6.45, 7) is 3.86. The fourth-order valence-corrected chi connectivity index (χ4v) is 2.48. The van der Waals surface area contributed by atoms with Crippen LogP contribution in [-0.4, -0.2) is 49.0 Å². The molecule has 0 spiro atoms. The molecule has 1 fully saturated rings. The normalized spacial score (nSPS) is 15.8. The number of hydrogen-bond donors (Lipinski definition) is 2. The van der Waals surface area contributed by atoms with Gasteiger partial charge in [0.25, 0.3) is 11.9 Å². The van der Waals surface area contributed by atoms with E-state index in [-0.39, 0.29) is 17.7 Å². The quantitative estimate of drug-likeness (QED) is 0.887. The van der Waals surface area contributed by atoms with E-state index in [4.69, 9.17) is 10.2 Å². The molecule has 3 N–H and O–H groups in total. The number of para-hydroxylation sites is 2. The van der Waals surface area contributed by atoms with Crippen LogP contribution >= 0.6 is 0 Å². The summed E-state index contributed by atoms with van der Waals surface area (Å²) in [5, 5.41) is 2.87. The molecule has 1 aliphatic rings. The second kappa shape index (κ2) is 6.07. The zero-order valence-corrected chi connectivity index (χ0v) is 12.5. The van der Waals surface area contributed by atoms with Gasteiger partial charge in [0.15, 0.2) is 0 Å². The fourth-order valence-electron chi connectivity index (χ4n) is 2.48. The van der Waals surface area contributed by atoms with Crippen LogP contribution < -0.4 is 16.0 Å². The van der Waals surface area contributed by atoms with E-state index in [1.165, 1.54) is 6.20 Å². The summed E-state index contributed by atoms with van der Waals surface area (Å²) >= 11 is 0. The van der Waals surface area contributed by atoms with Crippen LogP contribution in [0.5, 0.6) is 0 Å². The van der Waals surface area contributed by atoms with Crippen molar-refractivity contribution >= 4 is 23.3 Å². The van der Waals surface area contributed by atoms with Gasteiger partial charge in [0.05, 0.1) is 17.6 Å². The average Bonchev–Trinajstić information content (AvgIpc) is 2.95. The van der Waals surface area contributed by atoms with Gasteiger partial charge in [0.1, 0.15) is 0 Å². The Kier molecular flexibility index (Phi) is 3.97. The van der Waals surface area contributed by atoms with Crippen LogP contribution in [0.4, 0.5) is 17.4 Å². The predicted octanol–water partition coefficient (Wildman–Crippen LogP) is 1.26. The van der Waals surface area contributed by atoms with E-state index in [1.54, 1.807) is 0 Å². The summed E-state index contributed by atoms with van der Waals surface area (Å²) in [6.07, 6.45) is 1.32. The number of nitrogens with two attached hydrogens (primary N) is 1. The van der Waals surface area contributed by atoms with Crippen LogP contribution in [-0.2, 0) is 0 Å². The van der Waals surface area contributed by atoms with Crippen LogP contribution in [0.25, 0.3) is 0 Å². The van der Waals surface area contributed by atoms with Gasteiger partial charge in [-0.3, -0.25) is 4.79 Å². The molecule has 1 saturated heterocycles. The Labute approximate surface area is 128 Å². The number of amides is 1. The standard InChI is InChI=1S/C15H19N5O2/c1-19-6-8-20(9-7-19)12-5-3-2-4-11(12)18-14(21)13-10-17-15(16)22-13/h2-5,10H,6-9H2,1H3,(H2,16,17)(H,18,21). The molecule has 0 radical (unpaired) electrons. The van der Waals surface area contributed by atoms with Gasteiger partial charge >= 0.3 is 0 Å². The summed E-state index contributed by atoms with van der Waals surface area (Å²) < 4.78 is 5.05. The lowest BCUT2D eigenvalue weighted by Crippen LogP contribution is -2.44. The van der Waals surface area contributed by atoms with Crippen molar-refractivity contribution < 1.29 is 9.21 Å². The second-order valence-corrected chi connectivity index (χ2v) is 5.32. The largest absolute Gasteiger partial charge is 0.418 e. The molecule has 1 aromatic heterocycles. The van der Waals surface area contributed by atoms with E-state index in [1.807, 2.05) is 24.3 Å². The third-order valence-corrected chi connectivity index (χ3v) is 3.74. The van der Waals surface area contributed by atoms with Crippen molar-refractivity contribution in [1.82, 2.24) is 9.88 Å². The van der Waals surface area contributed by atoms with E-state index in [9.17, 15) is 4.79 Å². The maximum absolute atomic E-state index is 12.2. The lowest BCUT2D eigenvalue weighted by atomic mass is 10.2. The summed E-state index contributed by atoms with van der Waals surface area (Å²) in [7, 11) is 2.11. The van der Waals surface area contributed by atoms with Crippen molar-refractivity contribution in [3.63, 3.8) is 0 Å². The molecule has 1 amide bonds. The Balaban J connectivity index is 1.78. The van der Waals surface area contributed by atoms with E-state index in [0.29, 0.717) is 0 Å². The number of nitrogen functional groups attached to an aromatic ring is 1. The Morgan fingerprint density at radius 2 is 2.00 bits per heavy atom. The molecule has 0 saturated carbocycles. The molecule has 0 aliphatic carbocycles. The highest BCUT2D eigenvalue weighted by Gasteiger charge is 2.19. The Morgan fingerprint density at radius 3 is 2.68 bits per heavy atom. The van der Waals surface area contributed by atoms with Crippen LogP contribution in [0.1, 0.15) is 10.6 Å². The average molecular weight is 301 g/mol. The highest BCUT2D eigenvalue weighted by Crippen LogP contribution is 2.27. The number of anilines is 3. The molecule has 0 bridgehead atoms. The minimum atomic E-state index is -0.356. The molecule has 116 valence electrons. The molecule has 0 unspecified atom stereocenters. The first-order valence-corrected chi connectivity index (χ1v) is 7.18. The lowest BCUT2D eigenvalue weighted by molar-refractivity contribution is 0.0997. The first kappa shape index (κ1) is 14.4.